The van der Waals surface area contributed by atoms with E-state index < -0.39 is 0 Å². The quantitative estimate of drug-likeness (QED) is 0.342. The molecule has 4 rings (SSSR count). The molecule has 0 aliphatic heterocycles. The highest BCUT2D eigenvalue weighted by Crippen LogP contribution is 2.33. The van der Waals surface area contributed by atoms with E-state index in [0.717, 1.165) is 37.1 Å². The lowest BCUT2D eigenvalue weighted by Gasteiger charge is -2.20. The minimum atomic E-state index is 0.0195. The van der Waals surface area contributed by atoms with Crippen LogP contribution in [0.3, 0.4) is 0 Å². The zero-order valence-corrected chi connectivity index (χ0v) is 19.3. The van der Waals surface area contributed by atoms with Crippen LogP contribution < -0.4 is 9.64 Å². The maximum Gasteiger partial charge on any atom is 0.239 e. The highest BCUT2D eigenvalue weighted by Gasteiger charge is 2.21. The second-order valence-corrected chi connectivity index (χ2v) is 9.28. The minimum absolute atomic E-state index is 0.0195. The first-order valence-corrected chi connectivity index (χ1v) is 11.7. The van der Waals surface area contributed by atoms with E-state index in [1.807, 2.05) is 36.4 Å². The molecule has 0 aliphatic carbocycles. The number of thiazole rings is 1. The van der Waals surface area contributed by atoms with Gasteiger partial charge in [-0.3, -0.25) is 14.7 Å². The van der Waals surface area contributed by atoms with E-state index in [2.05, 4.69) is 31.0 Å². The molecule has 1 amide bonds. The summed E-state index contributed by atoms with van der Waals surface area (Å²) >= 11 is 3.07. The minimum Gasteiger partial charge on any atom is -0.497 e. The second kappa shape index (κ2) is 9.49. The monoisotopic (exact) mass is 449 g/mol. The molecular formula is C24H23N3O2S2. The number of aryl methyl sites for hydroxylation is 2. The van der Waals surface area contributed by atoms with E-state index in [-0.39, 0.29) is 5.91 Å². The highest BCUT2D eigenvalue weighted by molar-refractivity contribution is 8.00. The molecule has 0 unspecified atom stereocenters. The smallest absolute Gasteiger partial charge is 0.239 e. The van der Waals surface area contributed by atoms with Gasteiger partial charge in [0.05, 0.1) is 29.6 Å². The third-order valence-electron chi connectivity index (χ3n) is 4.86. The molecule has 2 aromatic heterocycles. The van der Waals surface area contributed by atoms with Crippen LogP contribution in [0.2, 0.25) is 0 Å². The van der Waals surface area contributed by atoms with Gasteiger partial charge in [0.1, 0.15) is 5.75 Å². The molecule has 158 valence electrons. The average Bonchev–Trinajstić information content (AvgIpc) is 3.21. The Kier molecular flexibility index (Phi) is 6.53. The van der Waals surface area contributed by atoms with Crippen molar-refractivity contribution >= 4 is 44.4 Å². The van der Waals surface area contributed by atoms with Crippen molar-refractivity contribution in [3.05, 3.63) is 77.6 Å². The SMILES string of the molecule is COc1ccc(SCC(=O)N(Cc2ccncc2)c2nc3c(C)cc(C)cc3s2)cc1. The Bertz CT molecular complexity index is 1190. The molecule has 0 radical (unpaired) electrons. The van der Waals surface area contributed by atoms with Crippen LogP contribution in [0.5, 0.6) is 5.75 Å². The van der Waals surface area contributed by atoms with Gasteiger partial charge < -0.3 is 4.74 Å². The van der Waals surface area contributed by atoms with E-state index in [9.17, 15) is 4.79 Å². The maximum absolute atomic E-state index is 13.3. The van der Waals surface area contributed by atoms with Gasteiger partial charge in [-0.15, -0.1) is 11.8 Å². The molecule has 0 spiro atoms. The molecule has 0 saturated carbocycles. The first-order chi connectivity index (χ1) is 15.0. The molecular weight excluding hydrogens is 426 g/mol. The molecule has 2 heterocycles. The number of methoxy groups -OCH3 is 1. The van der Waals surface area contributed by atoms with Crippen LogP contribution in [0.25, 0.3) is 10.2 Å². The number of thioether (sulfide) groups is 1. The molecule has 0 atom stereocenters. The first-order valence-electron chi connectivity index (χ1n) is 9.87. The van der Waals surface area contributed by atoms with Gasteiger partial charge >= 0.3 is 0 Å². The number of fused-ring (bicyclic) bond motifs is 1. The average molecular weight is 450 g/mol. The summed E-state index contributed by atoms with van der Waals surface area (Å²) < 4.78 is 6.31. The summed E-state index contributed by atoms with van der Waals surface area (Å²) in [6.45, 7) is 4.60. The van der Waals surface area contributed by atoms with Crippen molar-refractivity contribution in [3.63, 3.8) is 0 Å². The van der Waals surface area contributed by atoms with Crippen LogP contribution in [0.1, 0.15) is 16.7 Å². The summed E-state index contributed by atoms with van der Waals surface area (Å²) in [5.74, 6) is 1.15. The Morgan fingerprint density at radius 2 is 1.84 bits per heavy atom. The molecule has 2 aromatic carbocycles. The summed E-state index contributed by atoms with van der Waals surface area (Å²) in [4.78, 5) is 25.0. The number of carbonyl (C=O) groups is 1. The lowest BCUT2D eigenvalue weighted by molar-refractivity contribution is -0.116. The van der Waals surface area contributed by atoms with Crippen molar-refractivity contribution in [2.24, 2.45) is 0 Å². The van der Waals surface area contributed by atoms with Crippen LogP contribution in [0, 0.1) is 13.8 Å². The van der Waals surface area contributed by atoms with E-state index in [1.54, 1.807) is 35.7 Å². The highest BCUT2D eigenvalue weighted by atomic mass is 32.2. The number of nitrogens with zero attached hydrogens (tertiary/aromatic N) is 3. The van der Waals surface area contributed by atoms with Crippen molar-refractivity contribution in [2.75, 3.05) is 17.8 Å². The predicted molar refractivity (Wildman–Crippen MR) is 128 cm³/mol. The van der Waals surface area contributed by atoms with Crippen LogP contribution in [0.4, 0.5) is 5.13 Å². The van der Waals surface area contributed by atoms with E-state index in [0.29, 0.717) is 12.3 Å². The van der Waals surface area contributed by atoms with Crippen molar-refractivity contribution in [2.45, 2.75) is 25.3 Å². The van der Waals surface area contributed by atoms with Gasteiger partial charge in [0.15, 0.2) is 5.13 Å². The fraction of sp³-hybridized carbons (Fsp3) is 0.208. The lowest BCUT2D eigenvalue weighted by Crippen LogP contribution is -2.31. The third kappa shape index (κ3) is 5.06. The van der Waals surface area contributed by atoms with Gasteiger partial charge in [-0.1, -0.05) is 17.4 Å². The summed E-state index contributed by atoms with van der Waals surface area (Å²) in [7, 11) is 1.64. The van der Waals surface area contributed by atoms with Gasteiger partial charge in [0.25, 0.3) is 0 Å². The van der Waals surface area contributed by atoms with Crippen molar-refractivity contribution < 1.29 is 9.53 Å². The van der Waals surface area contributed by atoms with E-state index >= 15 is 0 Å². The number of carbonyl (C=O) groups excluding carboxylic acids is 1. The van der Waals surface area contributed by atoms with Gasteiger partial charge in [-0.2, -0.15) is 0 Å². The summed E-state index contributed by atoms with van der Waals surface area (Å²) in [5, 5.41) is 0.723. The molecule has 5 nitrogen and oxygen atoms in total. The Balaban J connectivity index is 1.60. The lowest BCUT2D eigenvalue weighted by atomic mass is 10.1. The first kappa shape index (κ1) is 21.3. The van der Waals surface area contributed by atoms with Crippen molar-refractivity contribution in [1.82, 2.24) is 9.97 Å². The number of ether oxygens (including phenoxy) is 1. The Morgan fingerprint density at radius 1 is 1.10 bits per heavy atom. The van der Waals surface area contributed by atoms with Crippen molar-refractivity contribution in [3.8, 4) is 5.75 Å². The van der Waals surface area contributed by atoms with Crippen LogP contribution in [-0.4, -0.2) is 28.7 Å². The topological polar surface area (TPSA) is 55.3 Å². The summed E-state index contributed by atoms with van der Waals surface area (Å²) in [6.07, 6.45) is 3.49. The Morgan fingerprint density at radius 3 is 2.55 bits per heavy atom. The molecule has 31 heavy (non-hydrogen) atoms. The zero-order chi connectivity index (χ0) is 21.8. The summed E-state index contributed by atoms with van der Waals surface area (Å²) in [5.41, 5.74) is 4.30. The number of pyridine rings is 1. The predicted octanol–water partition coefficient (Wildman–Crippen LogP) is 5.64. The van der Waals surface area contributed by atoms with Gasteiger partial charge in [0.2, 0.25) is 5.91 Å². The summed E-state index contributed by atoms with van der Waals surface area (Å²) in [6, 6.07) is 15.9. The molecule has 0 saturated heterocycles. The van der Waals surface area contributed by atoms with E-state index in [4.69, 9.17) is 9.72 Å². The largest absolute Gasteiger partial charge is 0.497 e. The number of rotatable bonds is 7. The molecule has 0 bridgehead atoms. The Labute approximate surface area is 190 Å². The molecule has 4 aromatic rings. The van der Waals surface area contributed by atoms with Crippen LogP contribution >= 0.6 is 23.1 Å². The number of benzene rings is 2. The van der Waals surface area contributed by atoms with Gasteiger partial charge in [-0.05, 0) is 73.0 Å². The fourth-order valence-corrected chi connectivity index (χ4v) is 5.24. The number of hydrogen-bond donors (Lipinski definition) is 0. The van der Waals surface area contributed by atoms with Gasteiger partial charge in [0, 0.05) is 17.3 Å². The molecule has 7 heteroatoms. The standard InChI is InChI=1S/C24H23N3O2S2/c1-16-12-17(2)23-21(13-16)31-24(26-23)27(14-18-8-10-25-11-9-18)22(28)15-30-20-6-4-19(29-3)5-7-20/h4-13H,14-15H2,1-3H3. The second-order valence-electron chi connectivity index (χ2n) is 7.22. The number of amides is 1. The molecule has 0 N–H and O–H groups in total. The fourth-order valence-electron chi connectivity index (χ4n) is 3.30. The van der Waals surface area contributed by atoms with Crippen LogP contribution in [0.15, 0.2) is 65.8 Å². The number of hydrogen-bond acceptors (Lipinski definition) is 6. The van der Waals surface area contributed by atoms with Gasteiger partial charge in [-0.25, -0.2) is 4.98 Å². The third-order valence-corrected chi connectivity index (χ3v) is 6.88. The number of aromatic nitrogens is 2. The zero-order valence-electron chi connectivity index (χ0n) is 17.7. The normalized spacial score (nSPS) is 10.9. The Hall–Kier alpha value is -2.90. The number of anilines is 1. The van der Waals surface area contributed by atoms with Crippen LogP contribution in [-0.2, 0) is 11.3 Å². The molecule has 0 fully saturated rings. The van der Waals surface area contributed by atoms with Crippen molar-refractivity contribution in [1.29, 1.82) is 0 Å². The van der Waals surface area contributed by atoms with E-state index in [1.165, 1.54) is 17.3 Å². The maximum atomic E-state index is 13.3. The molecule has 0 aliphatic rings.